The number of hydrogen-bond acceptors (Lipinski definition) is 9. The maximum Gasteiger partial charge on any atom is 0.338 e. The largest absolute Gasteiger partial charge is 0.472 e. The number of nitrogens with zero attached hydrogens (tertiary/aromatic N) is 3. The molecule has 1 aromatic carbocycles. The van der Waals surface area contributed by atoms with Gasteiger partial charge in [-0.15, -0.1) is 11.3 Å². The van der Waals surface area contributed by atoms with Crippen molar-refractivity contribution in [3.63, 3.8) is 0 Å². The highest BCUT2D eigenvalue weighted by Gasteiger charge is 2.21. The first-order valence-corrected chi connectivity index (χ1v) is 10.9. The maximum absolute atomic E-state index is 11.8. The third-order valence-corrected chi connectivity index (χ3v) is 5.85. The van der Waals surface area contributed by atoms with E-state index in [4.69, 9.17) is 9.15 Å². The van der Waals surface area contributed by atoms with Crippen molar-refractivity contribution in [2.75, 3.05) is 14.2 Å². The van der Waals surface area contributed by atoms with Gasteiger partial charge in [-0.25, -0.2) is 9.78 Å². The van der Waals surface area contributed by atoms with Crippen LogP contribution in [0.15, 0.2) is 69.8 Å². The van der Waals surface area contributed by atoms with Crippen molar-refractivity contribution in [2.45, 2.75) is 6.61 Å². The van der Waals surface area contributed by atoms with Crippen LogP contribution in [0.4, 0.5) is 5.69 Å². The minimum Gasteiger partial charge on any atom is -0.472 e. The minimum absolute atomic E-state index is 0.0804. The van der Waals surface area contributed by atoms with Crippen molar-refractivity contribution in [2.24, 2.45) is 4.99 Å². The van der Waals surface area contributed by atoms with E-state index in [1.807, 2.05) is 29.6 Å². The lowest BCUT2D eigenvalue weighted by Gasteiger charge is -2.14. The van der Waals surface area contributed by atoms with Crippen LogP contribution in [-0.2, 0) is 11.3 Å². The Morgan fingerprint density at radius 2 is 2.15 bits per heavy atom. The second-order valence-electron chi connectivity index (χ2n) is 7.03. The zero-order valence-electron chi connectivity index (χ0n) is 18.3. The molecule has 9 nitrogen and oxygen atoms in total. The lowest BCUT2D eigenvalue weighted by atomic mass is 10.0. The fourth-order valence-corrected chi connectivity index (χ4v) is 4.04. The molecule has 0 amide bonds. The summed E-state index contributed by atoms with van der Waals surface area (Å²) in [6.45, 7) is -0.145. The van der Waals surface area contributed by atoms with Gasteiger partial charge in [0.05, 0.1) is 51.8 Å². The van der Waals surface area contributed by atoms with Gasteiger partial charge in [0.25, 0.3) is 5.69 Å². The van der Waals surface area contributed by atoms with Gasteiger partial charge in [-0.1, -0.05) is 6.07 Å². The van der Waals surface area contributed by atoms with Gasteiger partial charge >= 0.3 is 5.97 Å². The normalized spacial score (nSPS) is 11.0. The fraction of sp³-hybridized carbons (Fsp3) is 0.125. The maximum atomic E-state index is 11.8. The predicted molar refractivity (Wildman–Crippen MR) is 128 cm³/mol. The fourth-order valence-electron chi connectivity index (χ4n) is 3.35. The van der Waals surface area contributed by atoms with Crippen LogP contribution in [0.3, 0.4) is 0 Å². The number of esters is 1. The topological polar surface area (TPSA) is 117 Å². The Morgan fingerprint density at radius 1 is 1.29 bits per heavy atom. The van der Waals surface area contributed by atoms with E-state index >= 15 is 0 Å². The van der Waals surface area contributed by atoms with E-state index < -0.39 is 10.9 Å². The van der Waals surface area contributed by atoms with Crippen LogP contribution in [0.2, 0.25) is 0 Å². The van der Waals surface area contributed by atoms with E-state index in [1.165, 1.54) is 36.6 Å². The van der Waals surface area contributed by atoms with Crippen LogP contribution >= 0.6 is 11.3 Å². The molecule has 34 heavy (non-hydrogen) atoms. The van der Waals surface area contributed by atoms with Crippen molar-refractivity contribution in [3.8, 4) is 27.6 Å². The smallest absolute Gasteiger partial charge is 0.338 e. The summed E-state index contributed by atoms with van der Waals surface area (Å²) in [5, 5.41) is 13.6. The minimum atomic E-state index is -0.660. The second kappa shape index (κ2) is 10.1. The van der Waals surface area contributed by atoms with E-state index in [0.717, 1.165) is 16.0 Å². The van der Waals surface area contributed by atoms with Crippen LogP contribution in [0.25, 0.3) is 21.7 Å². The van der Waals surface area contributed by atoms with Crippen LogP contribution in [-0.4, -0.2) is 36.2 Å². The van der Waals surface area contributed by atoms with Gasteiger partial charge in [-0.2, -0.15) is 0 Å². The summed E-state index contributed by atoms with van der Waals surface area (Å²) in [6.07, 6.45) is 4.80. The highest BCUT2D eigenvalue weighted by atomic mass is 32.1. The molecule has 0 aliphatic heterocycles. The Labute approximate surface area is 198 Å². The molecule has 0 radical (unpaired) electrons. The quantitative estimate of drug-likeness (QED) is 0.144. The zero-order chi connectivity index (χ0) is 24.1. The van der Waals surface area contributed by atoms with Crippen LogP contribution in [0.5, 0.6) is 5.88 Å². The molecule has 0 saturated heterocycles. The second-order valence-corrected chi connectivity index (χ2v) is 7.98. The average molecular weight is 477 g/mol. The summed E-state index contributed by atoms with van der Waals surface area (Å²) < 4.78 is 15.9. The Kier molecular flexibility index (Phi) is 6.79. The molecular weight excluding hydrogens is 458 g/mol. The molecule has 172 valence electrons. The number of benzene rings is 1. The molecule has 0 spiro atoms. The van der Waals surface area contributed by atoms with E-state index in [-0.39, 0.29) is 29.3 Å². The summed E-state index contributed by atoms with van der Waals surface area (Å²) in [7, 11) is 2.85. The number of rotatable bonds is 8. The number of furan rings is 1. The summed E-state index contributed by atoms with van der Waals surface area (Å²) in [4.78, 5) is 32.6. The van der Waals surface area contributed by atoms with Gasteiger partial charge in [0, 0.05) is 30.5 Å². The number of aromatic nitrogens is 1. The summed E-state index contributed by atoms with van der Waals surface area (Å²) in [5.74, 6) is -0.397. The number of nitro groups is 1. The molecule has 0 N–H and O–H groups in total. The van der Waals surface area contributed by atoms with Crippen molar-refractivity contribution >= 4 is 29.2 Å². The van der Waals surface area contributed by atoms with Gasteiger partial charge in [0.1, 0.15) is 6.61 Å². The Hall–Kier alpha value is -4.31. The molecular formula is C24H19N3O6S. The molecule has 0 bridgehead atoms. The first-order valence-electron chi connectivity index (χ1n) is 10.0. The average Bonchev–Trinajstić information content (AvgIpc) is 3.57. The number of thiophene rings is 1. The number of hydrogen-bond donors (Lipinski definition) is 0. The molecule has 3 heterocycles. The molecule has 4 aromatic rings. The van der Waals surface area contributed by atoms with Crippen LogP contribution < -0.4 is 4.74 Å². The van der Waals surface area contributed by atoms with Gasteiger partial charge in [0.15, 0.2) is 0 Å². The van der Waals surface area contributed by atoms with Gasteiger partial charge in [0.2, 0.25) is 5.88 Å². The van der Waals surface area contributed by atoms with Crippen LogP contribution in [0.1, 0.15) is 21.5 Å². The standard InChI is InChI=1S/C24H19N3O6S/c1-25-12-19-18(16-7-8-32-13-16)11-20(22-4-3-9-34-22)26-23(19)33-14-17-6-5-15(24(28)31-2)10-21(17)27(29)30/h3-13H,14H2,1-2H3. The lowest BCUT2D eigenvalue weighted by Crippen LogP contribution is -2.07. The Balaban J connectivity index is 1.77. The molecule has 0 aliphatic rings. The van der Waals surface area contributed by atoms with Crippen molar-refractivity contribution in [3.05, 3.63) is 87.2 Å². The van der Waals surface area contributed by atoms with Crippen molar-refractivity contribution in [1.29, 1.82) is 0 Å². The van der Waals surface area contributed by atoms with Gasteiger partial charge in [-0.3, -0.25) is 15.1 Å². The molecule has 0 atom stereocenters. The third-order valence-electron chi connectivity index (χ3n) is 4.96. The van der Waals surface area contributed by atoms with Crippen molar-refractivity contribution in [1.82, 2.24) is 4.98 Å². The van der Waals surface area contributed by atoms with Gasteiger partial charge in [-0.05, 0) is 35.7 Å². The number of carbonyl (C=O) groups is 1. The molecule has 0 unspecified atom stereocenters. The van der Waals surface area contributed by atoms with E-state index in [0.29, 0.717) is 11.3 Å². The summed E-state index contributed by atoms with van der Waals surface area (Å²) in [5.41, 5.74) is 3.01. The number of methoxy groups -OCH3 is 1. The monoisotopic (exact) mass is 477 g/mol. The predicted octanol–water partition coefficient (Wildman–Crippen LogP) is 5.39. The van der Waals surface area contributed by atoms with E-state index in [1.54, 1.807) is 25.8 Å². The zero-order valence-corrected chi connectivity index (χ0v) is 19.1. The Morgan fingerprint density at radius 3 is 2.79 bits per heavy atom. The molecule has 0 saturated carbocycles. The molecule has 3 aromatic heterocycles. The number of pyridine rings is 1. The SMILES string of the molecule is CN=Cc1c(-c2ccoc2)cc(-c2cccs2)nc1OCc1ccc(C(=O)OC)cc1[N+](=O)[O-]. The first kappa shape index (κ1) is 22.9. The molecule has 0 fully saturated rings. The first-order chi connectivity index (χ1) is 16.5. The number of aliphatic imine (C=N–C) groups is 1. The number of carbonyl (C=O) groups excluding carboxylic acids is 1. The van der Waals surface area contributed by atoms with Gasteiger partial charge < -0.3 is 13.9 Å². The number of ether oxygens (including phenoxy) is 2. The van der Waals surface area contributed by atoms with E-state index in [9.17, 15) is 14.9 Å². The highest BCUT2D eigenvalue weighted by Crippen LogP contribution is 2.35. The van der Waals surface area contributed by atoms with E-state index in [2.05, 4.69) is 14.7 Å². The van der Waals surface area contributed by atoms with Crippen molar-refractivity contribution < 1.29 is 23.6 Å². The summed E-state index contributed by atoms with van der Waals surface area (Å²) >= 11 is 1.53. The molecule has 4 rings (SSSR count). The molecule has 10 heteroatoms. The molecule has 0 aliphatic carbocycles. The Bertz CT molecular complexity index is 1350. The summed E-state index contributed by atoms with van der Waals surface area (Å²) in [6, 6.07) is 11.7. The third kappa shape index (κ3) is 4.71. The lowest BCUT2D eigenvalue weighted by molar-refractivity contribution is -0.385. The number of nitro benzene ring substituents is 1. The van der Waals surface area contributed by atoms with Crippen LogP contribution in [0, 0.1) is 10.1 Å². The highest BCUT2D eigenvalue weighted by molar-refractivity contribution is 7.13.